The number of hydrogen-bond acceptors (Lipinski definition) is 3. The van der Waals surface area contributed by atoms with E-state index in [0.717, 1.165) is 24.4 Å². The lowest BCUT2D eigenvalue weighted by Gasteiger charge is -2.25. The lowest BCUT2D eigenvalue weighted by molar-refractivity contribution is 0.0953. The van der Waals surface area contributed by atoms with Crippen LogP contribution in [0.5, 0.6) is 0 Å². The molecule has 1 aliphatic rings. The van der Waals surface area contributed by atoms with Gasteiger partial charge in [-0.2, -0.15) is 0 Å². The maximum absolute atomic E-state index is 12.1. The second-order valence-corrected chi connectivity index (χ2v) is 7.49. The summed E-state index contributed by atoms with van der Waals surface area (Å²) in [5.74, 6) is 0.942. The van der Waals surface area contributed by atoms with E-state index in [4.69, 9.17) is 4.98 Å². The summed E-state index contributed by atoms with van der Waals surface area (Å²) in [4.78, 5) is 16.9. The van der Waals surface area contributed by atoms with Crippen LogP contribution < -0.4 is 10.6 Å². The number of rotatable bonds is 7. The Balaban J connectivity index is 1.36. The summed E-state index contributed by atoms with van der Waals surface area (Å²) in [5, 5.41) is 6.50. The van der Waals surface area contributed by atoms with Gasteiger partial charge in [0.1, 0.15) is 0 Å². The Morgan fingerprint density at radius 2 is 1.71 bits per heavy atom. The number of carbonyl (C=O) groups excluding carboxylic acids is 1. The summed E-state index contributed by atoms with van der Waals surface area (Å²) in [7, 11) is 0. The Hall–Kier alpha value is -2.82. The summed E-state index contributed by atoms with van der Waals surface area (Å²) < 4.78 is 2.40. The van der Waals surface area contributed by atoms with Crippen LogP contribution in [0.1, 0.15) is 54.9 Å². The summed E-state index contributed by atoms with van der Waals surface area (Å²) >= 11 is 0. The van der Waals surface area contributed by atoms with Crippen LogP contribution >= 0.6 is 0 Å². The zero-order valence-electron chi connectivity index (χ0n) is 16.2. The third-order valence-corrected chi connectivity index (χ3v) is 5.49. The minimum Gasteiger partial charge on any atom is -0.356 e. The minimum atomic E-state index is -0.0185. The first-order valence-electron chi connectivity index (χ1n) is 10.4. The van der Waals surface area contributed by atoms with E-state index in [-0.39, 0.29) is 5.91 Å². The number of hydrogen-bond donors (Lipinski definition) is 2. The fourth-order valence-electron chi connectivity index (χ4n) is 4.06. The van der Waals surface area contributed by atoms with Crippen molar-refractivity contribution in [2.24, 2.45) is 0 Å². The largest absolute Gasteiger partial charge is 0.356 e. The van der Waals surface area contributed by atoms with Gasteiger partial charge >= 0.3 is 0 Å². The number of fused-ring (bicyclic) bond motifs is 1. The van der Waals surface area contributed by atoms with E-state index >= 15 is 0 Å². The van der Waals surface area contributed by atoms with Crippen molar-refractivity contribution in [3.05, 3.63) is 60.2 Å². The zero-order valence-corrected chi connectivity index (χ0v) is 16.2. The summed E-state index contributed by atoms with van der Waals surface area (Å²) in [5.41, 5.74) is 2.97. The molecule has 4 rings (SSSR count). The average Bonchev–Trinajstić information content (AvgIpc) is 3.13. The van der Waals surface area contributed by atoms with Gasteiger partial charge in [0.25, 0.3) is 5.91 Å². The molecule has 2 N–H and O–H groups in total. The second kappa shape index (κ2) is 8.91. The summed E-state index contributed by atoms with van der Waals surface area (Å²) in [6, 6.07) is 18.3. The van der Waals surface area contributed by atoms with Crippen LogP contribution in [0, 0.1) is 0 Å². The van der Waals surface area contributed by atoms with Gasteiger partial charge in [-0.1, -0.05) is 49.6 Å². The SMILES string of the molecule is O=C(NCCCNc1nc2ccccc2n1C1CCCCC1)c1ccccc1. The number of nitrogens with zero attached hydrogens (tertiary/aromatic N) is 2. The molecule has 0 unspecified atom stereocenters. The van der Waals surface area contributed by atoms with Gasteiger partial charge in [0, 0.05) is 24.7 Å². The van der Waals surface area contributed by atoms with Gasteiger partial charge in [-0.05, 0) is 43.5 Å². The van der Waals surface area contributed by atoms with E-state index < -0.39 is 0 Å². The van der Waals surface area contributed by atoms with Crippen LogP contribution in [-0.4, -0.2) is 28.5 Å². The molecule has 1 saturated carbocycles. The Labute approximate surface area is 166 Å². The third-order valence-electron chi connectivity index (χ3n) is 5.49. The smallest absolute Gasteiger partial charge is 0.251 e. The fourth-order valence-corrected chi connectivity index (χ4v) is 4.06. The van der Waals surface area contributed by atoms with E-state index in [1.165, 1.54) is 37.6 Å². The number of imidazole rings is 1. The highest BCUT2D eigenvalue weighted by Crippen LogP contribution is 2.34. The molecule has 5 heteroatoms. The monoisotopic (exact) mass is 376 g/mol. The number of amides is 1. The predicted octanol–water partition coefficient (Wildman–Crippen LogP) is 4.77. The van der Waals surface area contributed by atoms with Crippen LogP contribution in [0.25, 0.3) is 11.0 Å². The lowest BCUT2D eigenvalue weighted by atomic mass is 9.95. The van der Waals surface area contributed by atoms with Gasteiger partial charge in [0.2, 0.25) is 5.95 Å². The van der Waals surface area contributed by atoms with Crippen molar-refractivity contribution in [3.8, 4) is 0 Å². The number of nitrogens with one attached hydrogen (secondary N) is 2. The molecule has 0 bridgehead atoms. The average molecular weight is 377 g/mol. The molecule has 1 heterocycles. The first-order valence-corrected chi connectivity index (χ1v) is 10.4. The normalized spacial score (nSPS) is 14.9. The molecule has 1 amide bonds. The predicted molar refractivity (Wildman–Crippen MR) is 114 cm³/mol. The molecule has 2 aromatic carbocycles. The highest BCUT2D eigenvalue weighted by molar-refractivity contribution is 5.94. The third kappa shape index (κ3) is 4.19. The topological polar surface area (TPSA) is 59.0 Å². The first kappa shape index (κ1) is 18.5. The first-order chi connectivity index (χ1) is 13.8. The molecular weight excluding hydrogens is 348 g/mol. The summed E-state index contributed by atoms with van der Waals surface area (Å²) in [6.07, 6.45) is 7.23. The molecule has 5 nitrogen and oxygen atoms in total. The number of aromatic nitrogens is 2. The quantitative estimate of drug-likeness (QED) is 0.584. The number of para-hydroxylation sites is 2. The van der Waals surface area contributed by atoms with Crippen LogP contribution in [0.2, 0.25) is 0 Å². The van der Waals surface area contributed by atoms with Crippen LogP contribution in [0.3, 0.4) is 0 Å². The molecule has 1 aliphatic carbocycles. The van der Waals surface area contributed by atoms with Crippen LogP contribution in [0.15, 0.2) is 54.6 Å². The van der Waals surface area contributed by atoms with Crippen molar-refractivity contribution < 1.29 is 4.79 Å². The van der Waals surface area contributed by atoms with Crippen molar-refractivity contribution in [1.29, 1.82) is 0 Å². The molecule has 0 aliphatic heterocycles. The molecule has 0 radical (unpaired) electrons. The van der Waals surface area contributed by atoms with Crippen LogP contribution in [-0.2, 0) is 0 Å². The highest BCUT2D eigenvalue weighted by Gasteiger charge is 2.21. The molecule has 3 aromatic rings. The molecule has 0 atom stereocenters. The highest BCUT2D eigenvalue weighted by atomic mass is 16.1. The lowest BCUT2D eigenvalue weighted by Crippen LogP contribution is -2.26. The Kier molecular flexibility index (Phi) is 5.90. The molecular formula is C23H28N4O. The second-order valence-electron chi connectivity index (χ2n) is 7.49. The van der Waals surface area contributed by atoms with Crippen molar-refractivity contribution in [1.82, 2.24) is 14.9 Å². The van der Waals surface area contributed by atoms with Crippen molar-refractivity contribution in [2.75, 3.05) is 18.4 Å². The molecule has 0 spiro atoms. The number of anilines is 1. The Bertz CT molecular complexity index is 913. The maximum Gasteiger partial charge on any atom is 0.251 e. The van der Waals surface area contributed by atoms with Gasteiger partial charge in [-0.25, -0.2) is 4.98 Å². The zero-order chi connectivity index (χ0) is 19.2. The standard InChI is InChI=1S/C23H28N4O/c28-22(18-10-3-1-4-11-18)24-16-9-17-25-23-26-20-14-7-8-15-21(20)27(23)19-12-5-2-6-13-19/h1,3-4,7-8,10-11,14-15,19H,2,5-6,9,12-13,16-17H2,(H,24,28)(H,25,26). The van der Waals surface area contributed by atoms with E-state index in [1.807, 2.05) is 36.4 Å². The van der Waals surface area contributed by atoms with E-state index in [1.54, 1.807) is 0 Å². The van der Waals surface area contributed by atoms with Gasteiger partial charge in [-0.3, -0.25) is 4.79 Å². The molecule has 146 valence electrons. The fraction of sp³-hybridized carbons (Fsp3) is 0.391. The van der Waals surface area contributed by atoms with E-state index in [2.05, 4.69) is 33.4 Å². The van der Waals surface area contributed by atoms with Gasteiger partial charge in [-0.15, -0.1) is 0 Å². The van der Waals surface area contributed by atoms with Gasteiger partial charge in [0.15, 0.2) is 0 Å². The Morgan fingerprint density at radius 1 is 0.964 bits per heavy atom. The maximum atomic E-state index is 12.1. The number of benzene rings is 2. The van der Waals surface area contributed by atoms with Gasteiger partial charge < -0.3 is 15.2 Å². The molecule has 1 aromatic heterocycles. The molecule has 0 saturated heterocycles. The number of carbonyl (C=O) groups is 1. The minimum absolute atomic E-state index is 0.0185. The van der Waals surface area contributed by atoms with Crippen molar-refractivity contribution in [2.45, 2.75) is 44.6 Å². The van der Waals surface area contributed by atoms with E-state index in [9.17, 15) is 4.79 Å². The van der Waals surface area contributed by atoms with Gasteiger partial charge in [0.05, 0.1) is 11.0 Å². The summed E-state index contributed by atoms with van der Waals surface area (Å²) in [6.45, 7) is 1.43. The molecule has 1 fully saturated rings. The van der Waals surface area contributed by atoms with E-state index in [0.29, 0.717) is 18.2 Å². The van der Waals surface area contributed by atoms with Crippen molar-refractivity contribution >= 4 is 22.9 Å². The van der Waals surface area contributed by atoms with Crippen molar-refractivity contribution in [3.63, 3.8) is 0 Å². The Morgan fingerprint density at radius 3 is 2.54 bits per heavy atom. The molecule has 28 heavy (non-hydrogen) atoms. The van der Waals surface area contributed by atoms with Crippen LogP contribution in [0.4, 0.5) is 5.95 Å².